The van der Waals surface area contributed by atoms with Crippen LogP contribution in [0, 0.1) is 0 Å². The van der Waals surface area contributed by atoms with E-state index in [9.17, 15) is 19.5 Å². The molecule has 0 aliphatic heterocycles. The van der Waals surface area contributed by atoms with E-state index in [-0.39, 0.29) is 12.2 Å². The Labute approximate surface area is 261 Å². The van der Waals surface area contributed by atoms with Crippen LogP contribution in [-0.4, -0.2) is 39.7 Å². The number of nitrogens with one attached hydrogen (secondary N) is 1. The molecule has 5 aromatic rings. The lowest BCUT2D eigenvalue weighted by atomic mass is 10.0. The van der Waals surface area contributed by atoms with Crippen molar-refractivity contribution in [3.63, 3.8) is 0 Å². The van der Waals surface area contributed by atoms with Crippen LogP contribution in [-0.2, 0) is 22.5 Å². The number of amides is 1. The fourth-order valence-corrected chi connectivity index (χ4v) is 6.34. The number of alkyl carbamates (subject to hydrolysis) is 1. The molecule has 0 radical (unpaired) electrons. The molecular weight excluding hydrogens is 572 g/mol. The lowest BCUT2D eigenvalue weighted by Crippen LogP contribution is -2.33. The predicted octanol–water partition coefficient (Wildman–Crippen LogP) is 8.20. The van der Waals surface area contributed by atoms with Gasteiger partial charge in [-0.3, -0.25) is 9.59 Å². The van der Waals surface area contributed by atoms with E-state index in [2.05, 4.69) is 28.1 Å². The molecule has 2 aromatic heterocycles. The maximum Gasteiger partial charge on any atom is 0.407 e. The molecule has 0 spiro atoms. The number of hydrogen-bond donors (Lipinski definition) is 2. The average Bonchev–Trinajstić information content (AvgIpc) is 3.57. The minimum absolute atomic E-state index is 0.138. The van der Waals surface area contributed by atoms with Crippen LogP contribution in [0.1, 0.15) is 54.4 Å². The Kier molecular flexibility index (Phi) is 9.30. The number of carbonyl (C=O) groups is 3. The summed E-state index contributed by atoms with van der Waals surface area (Å²) in [6, 6.07) is 29.3. The number of aromatic nitrogens is 1. The summed E-state index contributed by atoms with van der Waals surface area (Å²) in [4.78, 5) is 38.8. The molecule has 0 saturated heterocycles. The second kappa shape index (κ2) is 13.3. The molecule has 44 heavy (non-hydrogen) atoms. The summed E-state index contributed by atoms with van der Waals surface area (Å²) in [5.41, 5.74) is 4.60. The van der Waals surface area contributed by atoms with Gasteiger partial charge in [-0.05, 0) is 68.5 Å². The van der Waals surface area contributed by atoms with Gasteiger partial charge in [-0.2, -0.15) is 0 Å². The second-order valence-corrected chi connectivity index (χ2v) is 12.7. The number of nitrogens with zero attached hydrogens (tertiary/aromatic N) is 1. The standard InChI is InChI=1S/C36H36N2O5S/c1-36(2,3)43-35(42)37-18-10-11-19-38-29(24-12-6-4-7-13-24)20-26-16-17-27(21-30(26)38)33(41)31-22-28(23-32(39)40)34(44-31)25-14-8-5-9-15-25/h4-9,12-17,20-22H,10-11,18-19,23H2,1-3H3,(H,37,42)(H,39,40). The molecule has 2 heterocycles. The van der Waals surface area contributed by atoms with E-state index in [4.69, 9.17) is 4.74 Å². The van der Waals surface area contributed by atoms with Gasteiger partial charge in [0.2, 0.25) is 5.78 Å². The monoisotopic (exact) mass is 608 g/mol. The highest BCUT2D eigenvalue weighted by Gasteiger charge is 2.21. The lowest BCUT2D eigenvalue weighted by Gasteiger charge is -2.19. The fourth-order valence-electron chi connectivity index (χ4n) is 5.20. The molecule has 0 unspecified atom stereocenters. The zero-order valence-electron chi connectivity index (χ0n) is 25.1. The van der Waals surface area contributed by atoms with Gasteiger partial charge in [-0.15, -0.1) is 11.3 Å². The van der Waals surface area contributed by atoms with E-state index in [0.29, 0.717) is 29.1 Å². The molecular formula is C36H36N2O5S. The van der Waals surface area contributed by atoms with Crippen LogP contribution in [0.25, 0.3) is 32.6 Å². The van der Waals surface area contributed by atoms with E-state index < -0.39 is 17.7 Å². The van der Waals surface area contributed by atoms with Crippen molar-refractivity contribution >= 4 is 40.1 Å². The Balaban J connectivity index is 1.43. The Morgan fingerprint density at radius 3 is 2.20 bits per heavy atom. The van der Waals surface area contributed by atoms with Gasteiger partial charge in [0.25, 0.3) is 0 Å². The van der Waals surface area contributed by atoms with Gasteiger partial charge in [-0.1, -0.05) is 72.8 Å². The number of carbonyl (C=O) groups excluding carboxylic acids is 2. The van der Waals surface area contributed by atoms with Gasteiger partial charge in [0.05, 0.1) is 11.3 Å². The van der Waals surface area contributed by atoms with E-state index >= 15 is 0 Å². The molecule has 2 N–H and O–H groups in total. The highest BCUT2D eigenvalue weighted by molar-refractivity contribution is 7.17. The minimum atomic E-state index is -0.937. The Morgan fingerprint density at radius 2 is 1.55 bits per heavy atom. The summed E-state index contributed by atoms with van der Waals surface area (Å²) in [5, 5.41) is 13.4. The number of carboxylic acid groups (broad SMARTS) is 1. The summed E-state index contributed by atoms with van der Waals surface area (Å²) < 4.78 is 7.56. The van der Waals surface area contributed by atoms with Crippen LogP contribution < -0.4 is 5.32 Å². The van der Waals surface area contributed by atoms with Crippen molar-refractivity contribution in [3.05, 3.63) is 107 Å². The second-order valence-electron chi connectivity index (χ2n) is 11.7. The van der Waals surface area contributed by atoms with Gasteiger partial charge in [0.1, 0.15) is 5.60 Å². The minimum Gasteiger partial charge on any atom is -0.481 e. The first-order valence-corrected chi connectivity index (χ1v) is 15.5. The van der Waals surface area contributed by atoms with Crippen LogP contribution in [0.5, 0.6) is 0 Å². The smallest absolute Gasteiger partial charge is 0.407 e. The zero-order chi connectivity index (χ0) is 31.3. The first-order valence-electron chi connectivity index (χ1n) is 14.7. The number of carboxylic acids is 1. The van der Waals surface area contributed by atoms with E-state index in [1.54, 1.807) is 6.07 Å². The molecule has 3 aromatic carbocycles. The number of fused-ring (bicyclic) bond motifs is 1. The topological polar surface area (TPSA) is 97.6 Å². The number of aliphatic carboxylic acids is 1. The molecule has 5 rings (SSSR count). The third-order valence-corrected chi connectivity index (χ3v) is 8.35. The normalized spacial score (nSPS) is 11.4. The zero-order valence-corrected chi connectivity index (χ0v) is 25.9. The molecule has 8 heteroatoms. The van der Waals surface area contributed by atoms with Crippen molar-refractivity contribution in [1.29, 1.82) is 0 Å². The van der Waals surface area contributed by atoms with Crippen molar-refractivity contribution in [2.24, 2.45) is 0 Å². The van der Waals surface area contributed by atoms with Gasteiger partial charge < -0.3 is 19.7 Å². The average molecular weight is 609 g/mol. The molecule has 0 fully saturated rings. The summed E-state index contributed by atoms with van der Waals surface area (Å²) in [7, 11) is 0. The fraction of sp³-hybridized carbons (Fsp3) is 0.250. The molecule has 0 saturated carbocycles. The molecule has 0 bridgehead atoms. The van der Waals surface area contributed by atoms with Crippen LogP contribution in [0.4, 0.5) is 4.79 Å². The van der Waals surface area contributed by atoms with Gasteiger partial charge in [-0.25, -0.2) is 4.79 Å². The third-order valence-electron chi connectivity index (χ3n) is 7.12. The first-order chi connectivity index (χ1) is 21.1. The van der Waals surface area contributed by atoms with Gasteiger partial charge >= 0.3 is 12.1 Å². The van der Waals surface area contributed by atoms with Crippen molar-refractivity contribution in [2.45, 2.75) is 52.2 Å². The van der Waals surface area contributed by atoms with Crippen molar-refractivity contribution in [1.82, 2.24) is 9.88 Å². The molecule has 0 aliphatic rings. The van der Waals surface area contributed by atoms with E-state index in [0.717, 1.165) is 45.4 Å². The number of unbranched alkanes of at least 4 members (excludes halogenated alkanes) is 1. The predicted molar refractivity (Wildman–Crippen MR) is 175 cm³/mol. The summed E-state index contributed by atoms with van der Waals surface area (Å²) in [6.45, 7) is 6.71. The Bertz CT molecular complexity index is 1780. The highest BCUT2D eigenvalue weighted by atomic mass is 32.1. The highest BCUT2D eigenvalue weighted by Crippen LogP contribution is 2.35. The summed E-state index contributed by atoms with van der Waals surface area (Å²) in [5.74, 6) is -1.07. The summed E-state index contributed by atoms with van der Waals surface area (Å²) in [6.07, 6.45) is 0.989. The van der Waals surface area contributed by atoms with Gasteiger partial charge in [0.15, 0.2) is 0 Å². The van der Waals surface area contributed by atoms with Crippen molar-refractivity contribution in [2.75, 3.05) is 6.54 Å². The molecule has 7 nitrogen and oxygen atoms in total. The number of hydrogen-bond acceptors (Lipinski definition) is 5. The van der Waals surface area contributed by atoms with Crippen LogP contribution in [0.3, 0.4) is 0 Å². The van der Waals surface area contributed by atoms with Crippen LogP contribution in [0.2, 0.25) is 0 Å². The Hall–Kier alpha value is -4.69. The lowest BCUT2D eigenvalue weighted by molar-refractivity contribution is -0.136. The number of aryl methyl sites for hydroxylation is 1. The van der Waals surface area contributed by atoms with Gasteiger partial charge in [0, 0.05) is 40.1 Å². The number of ether oxygens (including phenoxy) is 1. The maximum atomic E-state index is 13.8. The van der Waals surface area contributed by atoms with Crippen LogP contribution in [0.15, 0.2) is 91.0 Å². The number of ketones is 1. The summed E-state index contributed by atoms with van der Waals surface area (Å²) >= 11 is 1.33. The maximum absolute atomic E-state index is 13.8. The quantitative estimate of drug-likeness (QED) is 0.116. The number of benzene rings is 3. The van der Waals surface area contributed by atoms with Crippen LogP contribution >= 0.6 is 11.3 Å². The third kappa shape index (κ3) is 7.44. The van der Waals surface area contributed by atoms with E-state index in [1.165, 1.54) is 11.3 Å². The number of rotatable bonds is 11. The molecule has 1 amide bonds. The largest absolute Gasteiger partial charge is 0.481 e. The SMILES string of the molecule is CC(C)(C)OC(=O)NCCCCn1c(-c2ccccc2)cc2ccc(C(=O)c3cc(CC(=O)O)c(-c4ccccc4)s3)cc21. The Morgan fingerprint density at radius 1 is 0.864 bits per heavy atom. The molecule has 226 valence electrons. The molecule has 0 aliphatic carbocycles. The van der Waals surface area contributed by atoms with Crippen molar-refractivity contribution in [3.8, 4) is 21.7 Å². The van der Waals surface area contributed by atoms with Crippen molar-refractivity contribution < 1.29 is 24.2 Å². The van der Waals surface area contributed by atoms with E-state index in [1.807, 2.05) is 87.5 Å². The number of thiophene rings is 1. The molecule has 0 atom stereocenters. The first kappa shape index (κ1) is 30.8.